The summed E-state index contributed by atoms with van der Waals surface area (Å²) < 4.78 is 43.9. The summed E-state index contributed by atoms with van der Waals surface area (Å²) in [4.78, 5) is 3.92. The van der Waals surface area contributed by atoms with Crippen molar-refractivity contribution in [2.24, 2.45) is 0 Å². The lowest BCUT2D eigenvalue weighted by Gasteiger charge is -2.09. The molecule has 2 rings (SSSR count). The lowest BCUT2D eigenvalue weighted by molar-refractivity contribution is -0.137. The first-order valence-electron chi connectivity index (χ1n) is 5.78. The summed E-state index contributed by atoms with van der Waals surface area (Å²) in [5.74, 6) is 0.556. The molecule has 0 saturated carbocycles. The van der Waals surface area contributed by atoms with Crippen LogP contribution in [0.2, 0.25) is 0 Å². The van der Waals surface area contributed by atoms with Crippen molar-refractivity contribution in [1.29, 1.82) is 0 Å². The SMILES string of the molecule is CNCCc1cnc(-c2ccccc2C(F)(F)F)o1. The Bertz CT molecular complexity index is 549. The Labute approximate surface area is 108 Å². The summed E-state index contributed by atoms with van der Waals surface area (Å²) in [5, 5.41) is 2.93. The Balaban J connectivity index is 2.34. The topological polar surface area (TPSA) is 38.1 Å². The van der Waals surface area contributed by atoms with E-state index in [9.17, 15) is 13.2 Å². The van der Waals surface area contributed by atoms with Crippen LogP contribution in [0.15, 0.2) is 34.9 Å². The molecule has 6 heteroatoms. The highest BCUT2D eigenvalue weighted by Crippen LogP contribution is 2.36. The molecule has 1 N–H and O–H groups in total. The number of aromatic nitrogens is 1. The summed E-state index contributed by atoms with van der Waals surface area (Å²) in [6, 6.07) is 5.25. The highest BCUT2D eigenvalue weighted by atomic mass is 19.4. The smallest absolute Gasteiger partial charge is 0.417 e. The van der Waals surface area contributed by atoms with Crippen molar-refractivity contribution < 1.29 is 17.6 Å². The van der Waals surface area contributed by atoms with Crippen LogP contribution in [0.25, 0.3) is 11.5 Å². The number of oxazole rings is 1. The van der Waals surface area contributed by atoms with Gasteiger partial charge in [-0.3, -0.25) is 0 Å². The fraction of sp³-hybridized carbons (Fsp3) is 0.308. The first-order chi connectivity index (χ1) is 9.02. The summed E-state index contributed by atoms with van der Waals surface area (Å²) in [6.07, 6.45) is -2.38. The first kappa shape index (κ1) is 13.6. The molecule has 1 aromatic heterocycles. The third-order valence-electron chi connectivity index (χ3n) is 2.64. The average Bonchev–Trinajstić information content (AvgIpc) is 2.84. The summed E-state index contributed by atoms with van der Waals surface area (Å²) in [5.41, 5.74) is -0.775. The average molecular weight is 270 g/mol. The molecular formula is C13H13F3N2O. The van der Waals surface area contributed by atoms with E-state index >= 15 is 0 Å². The molecule has 0 amide bonds. The second kappa shape index (κ2) is 5.44. The predicted molar refractivity (Wildman–Crippen MR) is 64.6 cm³/mol. The lowest BCUT2D eigenvalue weighted by Crippen LogP contribution is -2.09. The van der Waals surface area contributed by atoms with Crippen LogP contribution in [0.1, 0.15) is 11.3 Å². The minimum absolute atomic E-state index is 0.000900. The maximum Gasteiger partial charge on any atom is 0.417 e. The van der Waals surface area contributed by atoms with Gasteiger partial charge in [0.1, 0.15) is 5.76 Å². The molecule has 0 fully saturated rings. The Morgan fingerprint density at radius 1 is 1.26 bits per heavy atom. The molecule has 0 atom stereocenters. The zero-order chi connectivity index (χ0) is 13.9. The summed E-state index contributed by atoms with van der Waals surface area (Å²) in [7, 11) is 1.79. The lowest BCUT2D eigenvalue weighted by atomic mass is 10.1. The molecule has 3 nitrogen and oxygen atoms in total. The molecule has 102 valence electrons. The van der Waals surface area contributed by atoms with Crippen LogP contribution in [-0.4, -0.2) is 18.6 Å². The molecule has 0 bridgehead atoms. The molecule has 0 spiro atoms. The van der Waals surface area contributed by atoms with Gasteiger partial charge in [-0.25, -0.2) is 4.98 Å². The molecular weight excluding hydrogens is 257 g/mol. The van der Waals surface area contributed by atoms with E-state index in [1.807, 2.05) is 0 Å². The number of nitrogens with zero attached hydrogens (tertiary/aromatic N) is 1. The standard InChI is InChI=1S/C13H13F3N2O/c1-17-7-6-9-8-18-12(19-9)10-4-2-3-5-11(10)13(14,15)16/h2-5,8,17H,6-7H2,1H3. The van der Waals surface area contributed by atoms with Gasteiger partial charge < -0.3 is 9.73 Å². The number of hydrogen-bond acceptors (Lipinski definition) is 3. The maximum atomic E-state index is 12.9. The highest BCUT2D eigenvalue weighted by molar-refractivity contribution is 5.59. The van der Waals surface area contributed by atoms with E-state index in [4.69, 9.17) is 4.42 Å². The maximum absolute atomic E-state index is 12.9. The Morgan fingerprint density at radius 2 is 2.00 bits per heavy atom. The number of likely N-dealkylation sites (N-methyl/N-ethyl adjacent to an activating group) is 1. The molecule has 2 aromatic rings. The minimum Gasteiger partial charge on any atom is -0.441 e. The number of nitrogens with one attached hydrogen (secondary N) is 1. The molecule has 0 aliphatic heterocycles. The van der Waals surface area contributed by atoms with E-state index in [2.05, 4.69) is 10.3 Å². The Kier molecular flexibility index (Phi) is 3.90. The number of hydrogen-bond donors (Lipinski definition) is 1. The van der Waals surface area contributed by atoms with Crippen molar-refractivity contribution in [2.75, 3.05) is 13.6 Å². The van der Waals surface area contributed by atoms with Gasteiger partial charge in [-0.2, -0.15) is 13.2 Å². The Hall–Kier alpha value is -1.82. The van der Waals surface area contributed by atoms with Gasteiger partial charge in [0.2, 0.25) is 5.89 Å². The van der Waals surface area contributed by atoms with Crippen LogP contribution in [0, 0.1) is 0 Å². The molecule has 0 aliphatic rings. The molecule has 1 aromatic carbocycles. The number of alkyl halides is 3. The molecule has 0 aliphatic carbocycles. The van der Waals surface area contributed by atoms with Gasteiger partial charge in [-0.15, -0.1) is 0 Å². The number of rotatable bonds is 4. The van der Waals surface area contributed by atoms with Crippen LogP contribution in [-0.2, 0) is 12.6 Å². The predicted octanol–water partition coefficient (Wildman–Crippen LogP) is 3.12. The normalized spacial score (nSPS) is 11.8. The largest absolute Gasteiger partial charge is 0.441 e. The monoisotopic (exact) mass is 270 g/mol. The number of halogens is 3. The van der Waals surface area contributed by atoms with Crippen LogP contribution in [0.4, 0.5) is 13.2 Å². The van der Waals surface area contributed by atoms with Gasteiger partial charge in [0.05, 0.1) is 11.8 Å². The van der Waals surface area contributed by atoms with Gasteiger partial charge >= 0.3 is 6.18 Å². The van der Waals surface area contributed by atoms with E-state index in [-0.39, 0.29) is 11.5 Å². The van der Waals surface area contributed by atoms with Crippen molar-refractivity contribution in [2.45, 2.75) is 12.6 Å². The van der Waals surface area contributed by atoms with E-state index in [0.717, 1.165) is 6.07 Å². The fourth-order valence-corrected chi connectivity index (χ4v) is 1.71. The van der Waals surface area contributed by atoms with Crippen molar-refractivity contribution in [1.82, 2.24) is 10.3 Å². The minimum atomic E-state index is -4.42. The zero-order valence-corrected chi connectivity index (χ0v) is 10.3. The molecule has 1 heterocycles. The second-order valence-electron chi connectivity index (χ2n) is 4.03. The van der Waals surface area contributed by atoms with Crippen molar-refractivity contribution in [3.8, 4) is 11.5 Å². The number of benzene rings is 1. The van der Waals surface area contributed by atoms with E-state index in [1.54, 1.807) is 7.05 Å². The van der Waals surface area contributed by atoms with Gasteiger partial charge in [0.15, 0.2) is 0 Å². The van der Waals surface area contributed by atoms with Crippen molar-refractivity contribution >= 4 is 0 Å². The Morgan fingerprint density at radius 3 is 2.68 bits per heavy atom. The first-order valence-corrected chi connectivity index (χ1v) is 5.78. The van der Waals surface area contributed by atoms with Crippen molar-refractivity contribution in [3.63, 3.8) is 0 Å². The third-order valence-corrected chi connectivity index (χ3v) is 2.64. The van der Waals surface area contributed by atoms with E-state index < -0.39 is 11.7 Å². The molecule has 0 saturated heterocycles. The van der Waals surface area contributed by atoms with E-state index in [0.29, 0.717) is 18.7 Å². The highest BCUT2D eigenvalue weighted by Gasteiger charge is 2.34. The molecule has 19 heavy (non-hydrogen) atoms. The quantitative estimate of drug-likeness (QED) is 0.927. The zero-order valence-electron chi connectivity index (χ0n) is 10.3. The van der Waals surface area contributed by atoms with Crippen LogP contribution < -0.4 is 5.32 Å². The summed E-state index contributed by atoms with van der Waals surface area (Å²) in [6.45, 7) is 0.676. The van der Waals surface area contributed by atoms with E-state index in [1.165, 1.54) is 24.4 Å². The van der Waals surface area contributed by atoms with Crippen LogP contribution in [0.3, 0.4) is 0 Å². The third kappa shape index (κ3) is 3.14. The second-order valence-corrected chi connectivity index (χ2v) is 4.03. The van der Waals surface area contributed by atoms with Crippen LogP contribution >= 0.6 is 0 Å². The van der Waals surface area contributed by atoms with Gasteiger partial charge in [0.25, 0.3) is 0 Å². The molecule has 0 radical (unpaired) electrons. The van der Waals surface area contributed by atoms with Gasteiger partial charge in [-0.05, 0) is 19.2 Å². The van der Waals surface area contributed by atoms with Gasteiger partial charge in [0, 0.05) is 18.5 Å². The van der Waals surface area contributed by atoms with Crippen molar-refractivity contribution in [3.05, 3.63) is 41.8 Å². The molecule has 0 unspecified atom stereocenters. The summed E-state index contributed by atoms with van der Waals surface area (Å²) >= 11 is 0. The van der Waals surface area contributed by atoms with Gasteiger partial charge in [-0.1, -0.05) is 12.1 Å². The fourth-order valence-electron chi connectivity index (χ4n) is 1.71. The van der Waals surface area contributed by atoms with Crippen LogP contribution in [0.5, 0.6) is 0 Å².